The average Bonchev–Trinajstić information content (AvgIpc) is 1.59. The smallest absolute Gasteiger partial charge is 0.0634 e. The van der Waals surface area contributed by atoms with Gasteiger partial charge in [0.1, 0.15) is 0 Å². The summed E-state index contributed by atoms with van der Waals surface area (Å²) >= 11 is 0. The Morgan fingerprint density at radius 3 is 0.829 bits per heavy atom. The minimum absolute atomic E-state index is 0.430. The van der Waals surface area contributed by atoms with E-state index < -0.39 is 0 Å². The second-order valence-corrected chi connectivity index (χ2v) is 24.0. The first kappa shape index (κ1) is 49.6. The monoisotopic (exact) mass is 1060 g/mol. The standard InChI is InChI=1S/C78H66N4/c1-47(2)51-31-39-57(40-32-51)79(58-41-33-52(34-42-58)48(3)4)65-27-17-29-67-71(65)61-23-15-25-63-73-70(56-21-13-10-14-22-56)78-74(69(55-19-11-9-12-20-55)77(73)81(67)75(61)63)64-26-16-24-62-72-66(28-18-30-68(72)82(78)76(62)64)80(59-43-35-53(36-44-59)49(5)6)60-45-37-54(38-46-60)50(7)8/h9-50H,1-8H3. The first-order valence-corrected chi connectivity index (χ1v) is 29.5. The van der Waals surface area contributed by atoms with Crippen LogP contribution in [0.15, 0.2) is 231 Å². The van der Waals surface area contributed by atoms with Crippen molar-refractivity contribution in [1.29, 1.82) is 0 Å². The zero-order chi connectivity index (χ0) is 55.7. The molecule has 0 aliphatic carbocycles. The fourth-order valence-corrected chi connectivity index (χ4v) is 13.8. The summed E-state index contributed by atoms with van der Waals surface area (Å²) in [4.78, 5) is 4.98. The van der Waals surface area contributed by atoms with Gasteiger partial charge in [-0.05, 0) is 130 Å². The average molecular weight is 1060 g/mol. The Morgan fingerprint density at radius 1 is 0.256 bits per heavy atom. The number of hydrogen-bond donors (Lipinski definition) is 0. The number of nitrogens with zero attached hydrogens (tertiary/aromatic N) is 4. The van der Waals surface area contributed by atoms with E-state index in [2.05, 4.69) is 305 Å². The Bertz CT molecular complexity index is 4450. The van der Waals surface area contributed by atoms with Crippen molar-refractivity contribution in [1.82, 2.24) is 8.80 Å². The number of aromatic nitrogens is 2. The van der Waals surface area contributed by atoms with E-state index >= 15 is 0 Å². The summed E-state index contributed by atoms with van der Waals surface area (Å²) in [6.07, 6.45) is 0. The Kier molecular flexibility index (Phi) is 11.6. The summed E-state index contributed by atoms with van der Waals surface area (Å²) in [6, 6.07) is 87.5. The summed E-state index contributed by atoms with van der Waals surface area (Å²) in [5, 5.41) is 9.96. The number of hydrogen-bond acceptors (Lipinski definition) is 2. The SMILES string of the molecule is CC(C)c1ccc(N(c2ccc(C(C)C)cc2)c2cccc3c2c2cccc4c5c(-c6ccccc6)c6c(c(-c7ccccc7)c5n3c24)c2cccc3c4c(N(c5ccc(C(C)C)cc5)c5ccc(C(C)C)cc5)cccc4n6c32)cc1. The molecule has 4 aromatic heterocycles. The van der Waals surface area contributed by atoms with E-state index in [1.54, 1.807) is 0 Å². The molecule has 0 bridgehead atoms. The highest BCUT2D eigenvalue weighted by Crippen LogP contribution is 2.56. The molecule has 0 radical (unpaired) electrons. The third-order valence-corrected chi connectivity index (χ3v) is 17.9. The topological polar surface area (TPSA) is 15.3 Å². The van der Waals surface area contributed by atoms with Crippen LogP contribution in [0.3, 0.4) is 0 Å². The van der Waals surface area contributed by atoms with Gasteiger partial charge in [0.2, 0.25) is 0 Å². The highest BCUT2D eigenvalue weighted by molar-refractivity contribution is 6.39. The van der Waals surface area contributed by atoms with Crippen LogP contribution in [0, 0.1) is 0 Å². The predicted octanol–water partition coefficient (Wildman–Crippen LogP) is 22.8. The Balaban J connectivity index is 1.09. The molecule has 82 heavy (non-hydrogen) atoms. The molecule has 0 aliphatic heterocycles. The van der Waals surface area contributed by atoms with Gasteiger partial charge < -0.3 is 18.6 Å². The van der Waals surface area contributed by atoms with Crippen LogP contribution < -0.4 is 9.80 Å². The van der Waals surface area contributed by atoms with Crippen LogP contribution in [0.2, 0.25) is 0 Å². The van der Waals surface area contributed by atoms with Gasteiger partial charge in [-0.1, -0.05) is 213 Å². The fourth-order valence-electron chi connectivity index (χ4n) is 13.8. The van der Waals surface area contributed by atoms with Crippen molar-refractivity contribution in [2.75, 3.05) is 9.80 Å². The first-order chi connectivity index (χ1) is 40.0. The van der Waals surface area contributed by atoms with E-state index in [-0.39, 0.29) is 0 Å². The molecule has 15 rings (SSSR count). The summed E-state index contributed by atoms with van der Waals surface area (Å²) < 4.78 is 5.29. The number of para-hydroxylation sites is 2. The molecule has 15 aromatic rings. The quantitative estimate of drug-likeness (QED) is 0.121. The molecule has 4 heterocycles. The van der Waals surface area contributed by atoms with E-state index in [0.29, 0.717) is 23.7 Å². The number of fused-ring (bicyclic) bond motifs is 12. The number of anilines is 6. The third kappa shape index (κ3) is 7.43. The molecule has 11 aromatic carbocycles. The van der Waals surface area contributed by atoms with Crippen LogP contribution in [0.25, 0.3) is 98.4 Å². The van der Waals surface area contributed by atoms with Gasteiger partial charge in [0.05, 0.1) is 44.5 Å². The number of rotatable bonds is 12. The molecule has 398 valence electrons. The predicted molar refractivity (Wildman–Crippen MR) is 352 cm³/mol. The van der Waals surface area contributed by atoms with Crippen LogP contribution in [0.5, 0.6) is 0 Å². The van der Waals surface area contributed by atoms with Gasteiger partial charge in [0.15, 0.2) is 0 Å². The first-order valence-electron chi connectivity index (χ1n) is 29.5. The fraction of sp³-hybridized carbons (Fsp3) is 0.154. The largest absolute Gasteiger partial charge is 0.310 e. The maximum atomic E-state index is 2.65. The van der Waals surface area contributed by atoms with Crippen molar-refractivity contribution >= 4 is 110 Å². The van der Waals surface area contributed by atoms with E-state index in [1.807, 2.05) is 0 Å². The molecule has 0 spiro atoms. The van der Waals surface area contributed by atoms with Crippen LogP contribution in [-0.2, 0) is 0 Å². The van der Waals surface area contributed by atoms with Gasteiger partial charge >= 0.3 is 0 Å². The molecule has 0 saturated carbocycles. The lowest BCUT2D eigenvalue weighted by atomic mass is 9.89. The molecule has 0 N–H and O–H groups in total. The minimum Gasteiger partial charge on any atom is -0.310 e. The minimum atomic E-state index is 0.430. The van der Waals surface area contributed by atoms with Gasteiger partial charge in [-0.2, -0.15) is 0 Å². The zero-order valence-electron chi connectivity index (χ0n) is 48.0. The van der Waals surface area contributed by atoms with Gasteiger partial charge in [-0.25, -0.2) is 0 Å². The Labute approximate surface area is 480 Å². The lowest BCUT2D eigenvalue weighted by Gasteiger charge is -2.27. The Morgan fingerprint density at radius 2 is 0.537 bits per heavy atom. The molecule has 4 nitrogen and oxygen atoms in total. The second-order valence-electron chi connectivity index (χ2n) is 24.0. The van der Waals surface area contributed by atoms with Crippen LogP contribution in [0.1, 0.15) is 101 Å². The van der Waals surface area contributed by atoms with Crippen molar-refractivity contribution < 1.29 is 0 Å². The van der Waals surface area contributed by atoms with Crippen molar-refractivity contribution in [2.24, 2.45) is 0 Å². The molecule has 0 unspecified atom stereocenters. The van der Waals surface area contributed by atoms with Crippen LogP contribution in [0.4, 0.5) is 34.1 Å². The summed E-state index contributed by atoms with van der Waals surface area (Å²) in [5.41, 5.74) is 24.4. The summed E-state index contributed by atoms with van der Waals surface area (Å²) in [6.45, 7) is 18.2. The van der Waals surface area contributed by atoms with Crippen molar-refractivity contribution in [3.63, 3.8) is 0 Å². The van der Waals surface area contributed by atoms with Gasteiger partial charge in [-0.15, -0.1) is 0 Å². The van der Waals surface area contributed by atoms with E-state index in [0.717, 1.165) is 34.1 Å². The van der Waals surface area contributed by atoms with Gasteiger partial charge in [0.25, 0.3) is 0 Å². The van der Waals surface area contributed by atoms with E-state index in [9.17, 15) is 0 Å². The molecule has 0 amide bonds. The number of benzene rings is 11. The molecular weight excluding hydrogens is 993 g/mol. The summed E-state index contributed by atoms with van der Waals surface area (Å²) in [7, 11) is 0. The molecule has 0 fully saturated rings. The highest BCUT2D eigenvalue weighted by Gasteiger charge is 2.32. The van der Waals surface area contributed by atoms with Crippen molar-refractivity contribution in [2.45, 2.75) is 79.1 Å². The second kappa shape index (κ2) is 19.1. The van der Waals surface area contributed by atoms with E-state index in [1.165, 1.54) is 121 Å². The maximum absolute atomic E-state index is 2.65. The van der Waals surface area contributed by atoms with E-state index in [4.69, 9.17) is 0 Å². The lowest BCUT2D eigenvalue weighted by molar-refractivity contribution is 0.866. The zero-order valence-corrected chi connectivity index (χ0v) is 48.0. The molecule has 4 heteroatoms. The highest BCUT2D eigenvalue weighted by atomic mass is 15.2. The van der Waals surface area contributed by atoms with Gasteiger partial charge in [-0.3, -0.25) is 0 Å². The maximum Gasteiger partial charge on any atom is 0.0634 e. The van der Waals surface area contributed by atoms with Crippen molar-refractivity contribution in [3.05, 3.63) is 253 Å². The molecule has 0 atom stereocenters. The Hall–Kier alpha value is -9.38. The third-order valence-electron chi connectivity index (χ3n) is 17.9. The lowest BCUT2D eigenvalue weighted by Crippen LogP contribution is -2.11. The van der Waals surface area contributed by atoms with Crippen LogP contribution >= 0.6 is 0 Å². The normalized spacial score (nSPS) is 12.3. The molecule has 0 saturated heterocycles. The molecule has 0 aliphatic rings. The van der Waals surface area contributed by atoms with Crippen LogP contribution in [-0.4, -0.2) is 8.80 Å². The van der Waals surface area contributed by atoms with Crippen molar-refractivity contribution in [3.8, 4) is 22.3 Å². The summed E-state index contributed by atoms with van der Waals surface area (Å²) in [5.74, 6) is 1.72. The van der Waals surface area contributed by atoms with Gasteiger partial charge in [0, 0.05) is 77.0 Å². The molecular formula is C78H66N4.